The van der Waals surface area contributed by atoms with E-state index in [1.54, 1.807) is 6.08 Å². The highest BCUT2D eigenvalue weighted by molar-refractivity contribution is 5.92. The van der Waals surface area contributed by atoms with Crippen LogP contribution in [0, 0.1) is 0 Å². The SMILES string of the molecule is C=C/C(C)=N\CCN. The number of hydrogen-bond donors (Lipinski definition) is 1. The van der Waals surface area contributed by atoms with Crippen molar-refractivity contribution in [3.63, 3.8) is 0 Å². The fraction of sp³-hybridized carbons (Fsp3) is 0.500. The second kappa shape index (κ2) is 4.53. The summed E-state index contributed by atoms with van der Waals surface area (Å²) in [7, 11) is 0. The van der Waals surface area contributed by atoms with Gasteiger partial charge in [-0.2, -0.15) is 0 Å². The second-order valence-electron chi connectivity index (χ2n) is 1.52. The van der Waals surface area contributed by atoms with Gasteiger partial charge in [-0.05, 0) is 13.0 Å². The van der Waals surface area contributed by atoms with Crippen LogP contribution in [0.25, 0.3) is 0 Å². The molecule has 0 bridgehead atoms. The van der Waals surface area contributed by atoms with E-state index in [2.05, 4.69) is 11.6 Å². The van der Waals surface area contributed by atoms with Gasteiger partial charge < -0.3 is 5.73 Å². The molecule has 0 saturated heterocycles. The van der Waals surface area contributed by atoms with Gasteiger partial charge in [-0.3, -0.25) is 4.99 Å². The maximum Gasteiger partial charge on any atom is 0.0515 e. The molecular formula is C6H12N2. The van der Waals surface area contributed by atoms with Crippen LogP contribution in [0.2, 0.25) is 0 Å². The molecule has 8 heavy (non-hydrogen) atoms. The molecule has 0 amide bonds. The van der Waals surface area contributed by atoms with Crippen LogP contribution in [0.5, 0.6) is 0 Å². The van der Waals surface area contributed by atoms with E-state index in [4.69, 9.17) is 5.73 Å². The summed E-state index contributed by atoms with van der Waals surface area (Å²) in [6, 6.07) is 0. The Morgan fingerprint density at radius 1 is 1.88 bits per heavy atom. The Balaban J connectivity index is 3.40. The lowest BCUT2D eigenvalue weighted by Crippen LogP contribution is -2.03. The largest absolute Gasteiger partial charge is 0.329 e. The van der Waals surface area contributed by atoms with Crippen LogP contribution in [0.4, 0.5) is 0 Å². The highest BCUT2D eigenvalue weighted by Gasteiger charge is 1.76. The van der Waals surface area contributed by atoms with E-state index >= 15 is 0 Å². The van der Waals surface area contributed by atoms with Gasteiger partial charge in [0.25, 0.3) is 0 Å². The minimum atomic E-state index is 0.616. The zero-order valence-electron chi connectivity index (χ0n) is 5.22. The lowest BCUT2D eigenvalue weighted by atomic mass is 10.4. The Labute approximate surface area is 50.1 Å². The summed E-state index contributed by atoms with van der Waals surface area (Å²) in [5.41, 5.74) is 6.14. The summed E-state index contributed by atoms with van der Waals surface area (Å²) < 4.78 is 0. The normalized spacial score (nSPS) is 11.5. The first kappa shape index (κ1) is 7.37. The van der Waals surface area contributed by atoms with E-state index in [-0.39, 0.29) is 0 Å². The summed E-state index contributed by atoms with van der Waals surface area (Å²) in [6.07, 6.45) is 1.72. The smallest absolute Gasteiger partial charge is 0.0515 e. The van der Waals surface area contributed by atoms with Gasteiger partial charge >= 0.3 is 0 Å². The average molecular weight is 112 g/mol. The quantitative estimate of drug-likeness (QED) is 0.533. The van der Waals surface area contributed by atoms with Crippen LogP contribution in [0.3, 0.4) is 0 Å². The zero-order chi connectivity index (χ0) is 6.41. The van der Waals surface area contributed by atoms with E-state index in [9.17, 15) is 0 Å². The van der Waals surface area contributed by atoms with E-state index in [1.165, 1.54) is 0 Å². The third-order valence-electron chi connectivity index (χ3n) is 0.786. The molecule has 2 heteroatoms. The topological polar surface area (TPSA) is 38.4 Å². The molecular weight excluding hydrogens is 100 g/mol. The molecule has 0 aromatic heterocycles. The van der Waals surface area contributed by atoms with Gasteiger partial charge in [0.1, 0.15) is 0 Å². The molecule has 2 nitrogen and oxygen atoms in total. The van der Waals surface area contributed by atoms with Crippen LogP contribution < -0.4 is 5.73 Å². The van der Waals surface area contributed by atoms with Gasteiger partial charge in [-0.1, -0.05) is 6.58 Å². The fourth-order valence-corrected chi connectivity index (χ4v) is 0.305. The molecule has 0 aliphatic carbocycles. The molecule has 0 saturated carbocycles. The molecule has 0 heterocycles. The highest BCUT2D eigenvalue weighted by atomic mass is 14.8. The number of nitrogens with zero attached hydrogens (tertiary/aromatic N) is 1. The molecule has 0 rings (SSSR count). The molecule has 0 unspecified atom stereocenters. The van der Waals surface area contributed by atoms with Crippen molar-refractivity contribution in [1.29, 1.82) is 0 Å². The maximum absolute atomic E-state index is 5.19. The van der Waals surface area contributed by atoms with Gasteiger partial charge in [0, 0.05) is 12.3 Å². The zero-order valence-corrected chi connectivity index (χ0v) is 5.22. The Bertz CT molecular complexity index is 94.7. The van der Waals surface area contributed by atoms with E-state index in [1.807, 2.05) is 6.92 Å². The van der Waals surface area contributed by atoms with Crippen LogP contribution in [-0.4, -0.2) is 18.8 Å². The summed E-state index contributed by atoms with van der Waals surface area (Å²) >= 11 is 0. The van der Waals surface area contributed by atoms with Crippen molar-refractivity contribution < 1.29 is 0 Å². The van der Waals surface area contributed by atoms with Gasteiger partial charge in [-0.15, -0.1) is 0 Å². The molecule has 0 radical (unpaired) electrons. The molecule has 0 aromatic rings. The van der Waals surface area contributed by atoms with Crippen molar-refractivity contribution in [2.75, 3.05) is 13.1 Å². The molecule has 0 aromatic carbocycles. The number of nitrogens with two attached hydrogens (primary N) is 1. The lowest BCUT2D eigenvalue weighted by molar-refractivity contribution is 0.976. The number of rotatable bonds is 3. The minimum absolute atomic E-state index is 0.616. The third kappa shape index (κ3) is 3.56. The van der Waals surface area contributed by atoms with Crippen molar-refractivity contribution in [1.82, 2.24) is 0 Å². The van der Waals surface area contributed by atoms with Crippen LogP contribution in [-0.2, 0) is 0 Å². The first-order valence-electron chi connectivity index (χ1n) is 2.65. The number of aliphatic imine (C=N–C) groups is 1. The minimum Gasteiger partial charge on any atom is -0.329 e. The second-order valence-corrected chi connectivity index (χ2v) is 1.52. The predicted molar refractivity (Wildman–Crippen MR) is 37.2 cm³/mol. The summed E-state index contributed by atoms with van der Waals surface area (Å²) in [4.78, 5) is 4.03. The van der Waals surface area contributed by atoms with E-state index < -0.39 is 0 Å². The summed E-state index contributed by atoms with van der Waals surface area (Å²) in [6.45, 7) is 6.77. The molecule has 0 aliphatic rings. The monoisotopic (exact) mass is 112 g/mol. The molecule has 46 valence electrons. The number of allylic oxidation sites excluding steroid dienone is 1. The van der Waals surface area contributed by atoms with Crippen LogP contribution >= 0.6 is 0 Å². The Hall–Kier alpha value is -0.630. The maximum atomic E-state index is 5.19. The third-order valence-corrected chi connectivity index (χ3v) is 0.786. The fourth-order valence-electron chi connectivity index (χ4n) is 0.305. The summed E-state index contributed by atoms with van der Waals surface area (Å²) in [5.74, 6) is 0. The Morgan fingerprint density at radius 3 is 2.88 bits per heavy atom. The van der Waals surface area contributed by atoms with E-state index in [0.29, 0.717) is 13.1 Å². The van der Waals surface area contributed by atoms with Crippen molar-refractivity contribution in [3.05, 3.63) is 12.7 Å². The molecule has 0 aliphatic heterocycles. The van der Waals surface area contributed by atoms with Gasteiger partial charge in [0.05, 0.1) is 6.54 Å². The van der Waals surface area contributed by atoms with Gasteiger partial charge in [-0.25, -0.2) is 0 Å². The van der Waals surface area contributed by atoms with Crippen molar-refractivity contribution in [2.45, 2.75) is 6.92 Å². The van der Waals surface area contributed by atoms with Crippen molar-refractivity contribution >= 4 is 5.71 Å². The first-order valence-corrected chi connectivity index (χ1v) is 2.65. The standard InChI is InChI=1S/C6H12N2/c1-3-6(2)8-5-4-7/h3H,1,4-5,7H2,2H3/b8-6-. The Morgan fingerprint density at radius 2 is 2.50 bits per heavy atom. The summed E-state index contributed by atoms with van der Waals surface area (Å²) in [5, 5.41) is 0. The number of hydrogen-bond acceptors (Lipinski definition) is 2. The molecule has 0 atom stereocenters. The van der Waals surface area contributed by atoms with Crippen LogP contribution in [0.1, 0.15) is 6.92 Å². The average Bonchev–Trinajstić information content (AvgIpc) is 1.83. The predicted octanol–water partition coefficient (Wildman–Crippen LogP) is 0.592. The van der Waals surface area contributed by atoms with Gasteiger partial charge in [0.2, 0.25) is 0 Å². The van der Waals surface area contributed by atoms with Crippen molar-refractivity contribution in [3.8, 4) is 0 Å². The highest BCUT2D eigenvalue weighted by Crippen LogP contribution is 1.75. The molecule has 2 N–H and O–H groups in total. The lowest BCUT2D eigenvalue weighted by Gasteiger charge is -1.87. The Kier molecular flexibility index (Phi) is 4.17. The van der Waals surface area contributed by atoms with Gasteiger partial charge in [0.15, 0.2) is 0 Å². The molecule has 0 spiro atoms. The van der Waals surface area contributed by atoms with Crippen LogP contribution in [0.15, 0.2) is 17.6 Å². The van der Waals surface area contributed by atoms with E-state index in [0.717, 1.165) is 5.71 Å². The molecule has 0 fully saturated rings. The first-order chi connectivity index (χ1) is 3.81. The van der Waals surface area contributed by atoms with Crippen molar-refractivity contribution in [2.24, 2.45) is 10.7 Å².